The normalized spacial score (nSPS) is 19.1. The average Bonchev–Trinajstić information content (AvgIpc) is 2.65. The Bertz CT molecular complexity index is 545. The molecule has 0 bridgehead atoms. The van der Waals surface area contributed by atoms with E-state index in [9.17, 15) is 9.59 Å². The van der Waals surface area contributed by atoms with Crippen LogP contribution in [0.25, 0.3) is 0 Å². The van der Waals surface area contributed by atoms with E-state index < -0.39 is 0 Å². The van der Waals surface area contributed by atoms with Crippen molar-refractivity contribution in [1.82, 2.24) is 0 Å². The summed E-state index contributed by atoms with van der Waals surface area (Å²) >= 11 is 0. The molecule has 0 aliphatic heterocycles. The molecule has 2 aliphatic rings. The maximum atomic E-state index is 12.3. The minimum Gasteiger partial charge on any atom is -0.462 e. The van der Waals surface area contributed by atoms with E-state index in [0.29, 0.717) is 0 Å². The Morgan fingerprint density at radius 1 is 0.692 bits per heavy atom. The lowest BCUT2D eigenvalue weighted by Gasteiger charge is -2.22. The van der Waals surface area contributed by atoms with Gasteiger partial charge in [-0.1, -0.05) is 37.1 Å². The lowest BCUT2D eigenvalue weighted by atomic mass is 9.97. The van der Waals surface area contributed by atoms with E-state index in [-0.39, 0.29) is 37.0 Å². The van der Waals surface area contributed by atoms with Crippen LogP contribution < -0.4 is 0 Å². The second kappa shape index (κ2) is 9.75. The molecule has 2 aliphatic carbocycles. The fourth-order valence-electron chi connectivity index (χ4n) is 4.03. The minimum absolute atomic E-state index is 0.0691. The highest BCUT2D eigenvalue weighted by atomic mass is 16.5. The number of carbonyl (C=O) groups is 2. The Labute approximate surface area is 156 Å². The molecule has 0 atom stereocenters. The maximum absolute atomic E-state index is 12.3. The highest BCUT2D eigenvalue weighted by Gasteiger charge is 2.21. The number of rotatable bonds is 6. The fraction of sp³-hybridized carbons (Fsp3) is 0.636. The molecular weight excluding hydrogens is 328 g/mol. The lowest BCUT2D eigenvalue weighted by molar-refractivity contribution is -0.151. The molecule has 4 nitrogen and oxygen atoms in total. The number of hydrogen-bond acceptors (Lipinski definition) is 4. The van der Waals surface area contributed by atoms with Crippen LogP contribution in [0.3, 0.4) is 0 Å². The van der Waals surface area contributed by atoms with Crippen LogP contribution in [0, 0.1) is 0 Å². The van der Waals surface area contributed by atoms with Crippen molar-refractivity contribution in [3.8, 4) is 0 Å². The molecule has 2 saturated carbocycles. The second-order valence-electron chi connectivity index (χ2n) is 7.62. The molecule has 142 valence electrons. The van der Waals surface area contributed by atoms with E-state index in [1.54, 1.807) is 0 Å². The summed E-state index contributed by atoms with van der Waals surface area (Å²) in [6.45, 7) is 0. The number of hydrogen-bond donors (Lipinski definition) is 0. The Balaban J connectivity index is 1.53. The zero-order valence-corrected chi connectivity index (χ0v) is 15.6. The monoisotopic (exact) mass is 358 g/mol. The molecule has 26 heavy (non-hydrogen) atoms. The molecule has 0 N–H and O–H groups in total. The van der Waals surface area contributed by atoms with Gasteiger partial charge in [-0.05, 0) is 62.5 Å². The van der Waals surface area contributed by atoms with E-state index >= 15 is 0 Å². The predicted molar refractivity (Wildman–Crippen MR) is 99.8 cm³/mol. The van der Waals surface area contributed by atoms with Crippen LogP contribution >= 0.6 is 0 Å². The number of carbonyl (C=O) groups excluding carboxylic acids is 2. The fourth-order valence-corrected chi connectivity index (χ4v) is 4.03. The van der Waals surface area contributed by atoms with Crippen molar-refractivity contribution in [2.75, 3.05) is 0 Å². The molecule has 0 aromatic heterocycles. The van der Waals surface area contributed by atoms with Crippen LogP contribution in [0.15, 0.2) is 24.3 Å². The summed E-state index contributed by atoms with van der Waals surface area (Å²) in [7, 11) is 0. The summed E-state index contributed by atoms with van der Waals surface area (Å²) in [5.74, 6) is -0.380. The van der Waals surface area contributed by atoms with Gasteiger partial charge in [0.2, 0.25) is 0 Å². The summed E-state index contributed by atoms with van der Waals surface area (Å²) in [4.78, 5) is 24.6. The largest absolute Gasteiger partial charge is 0.462 e. The van der Waals surface area contributed by atoms with Gasteiger partial charge in [0.15, 0.2) is 0 Å². The van der Waals surface area contributed by atoms with Gasteiger partial charge in [0.1, 0.15) is 12.2 Å². The average molecular weight is 358 g/mol. The van der Waals surface area contributed by atoms with E-state index in [0.717, 1.165) is 62.5 Å². The van der Waals surface area contributed by atoms with Crippen LogP contribution in [0.1, 0.15) is 75.3 Å². The maximum Gasteiger partial charge on any atom is 0.310 e. The van der Waals surface area contributed by atoms with Crippen LogP contribution in [-0.2, 0) is 31.9 Å². The first kappa shape index (κ1) is 18.9. The summed E-state index contributed by atoms with van der Waals surface area (Å²) in [6.07, 6.45) is 11.5. The Kier molecular flexibility index (Phi) is 7.10. The summed E-state index contributed by atoms with van der Waals surface area (Å²) < 4.78 is 11.2. The van der Waals surface area contributed by atoms with Gasteiger partial charge in [-0.15, -0.1) is 0 Å². The van der Waals surface area contributed by atoms with E-state index in [1.165, 1.54) is 12.8 Å². The first-order chi connectivity index (χ1) is 12.7. The first-order valence-electron chi connectivity index (χ1n) is 10.2. The van der Waals surface area contributed by atoms with Gasteiger partial charge < -0.3 is 9.47 Å². The van der Waals surface area contributed by atoms with E-state index in [2.05, 4.69) is 0 Å². The van der Waals surface area contributed by atoms with Crippen LogP contribution in [-0.4, -0.2) is 24.1 Å². The molecule has 0 saturated heterocycles. The molecule has 0 unspecified atom stereocenters. The second-order valence-corrected chi connectivity index (χ2v) is 7.62. The molecule has 2 fully saturated rings. The van der Waals surface area contributed by atoms with Crippen LogP contribution in [0.4, 0.5) is 0 Å². The first-order valence-corrected chi connectivity index (χ1v) is 10.2. The van der Waals surface area contributed by atoms with Crippen molar-refractivity contribution < 1.29 is 19.1 Å². The van der Waals surface area contributed by atoms with Gasteiger partial charge in [0.25, 0.3) is 0 Å². The zero-order chi connectivity index (χ0) is 18.2. The topological polar surface area (TPSA) is 52.6 Å². The summed E-state index contributed by atoms with van der Waals surface area (Å²) in [6, 6.07) is 7.62. The van der Waals surface area contributed by atoms with Gasteiger partial charge in [-0.2, -0.15) is 0 Å². The van der Waals surface area contributed by atoms with Gasteiger partial charge in [0.05, 0.1) is 12.8 Å². The van der Waals surface area contributed by atoms with Crippen molar-refractivity contribution in [3.05, 3.63) is 35.4 Å². The van der Waals surface area contributed by atoms with E-state index in [1.807, 2.05) is 24.3 Å². The van der Waals surface area contributed by atoms with Crippen molar-refractivity contribution in [1.29, 1.82) is 0 Å². The molecule has 0 amide bonds. The van der Waals surface area contributed by atoms with E-state index in [4.69, 9.17) is 9.47 Å². The molecule has 1 aromatic rings. The quantitative estimate of drug-likeness (QED) is 0.702. The SMILES string of the molecule is O=C(Cc1ccccc1CC(=O)OC1CCCCC1)OC1CCCCC1. The van der Waals surface area contributed by atoms with Gasteiger partial charge in [-0.25, -0.2) is 0 Å². The molecular formula is C22H30O4. The lowest BCUT2D eigenvalue weighted by Crippen LogP contribution is -2.23. The third-order valence-electron chi connectivity index (χ3n) is 5.49. The van der Waals surface area contributed by atoms with Crippen molar-refractivity contribution in [2.24, 2.45) is 0 Å². The Morgan fingerprint density at radius 2 is 1.08 bits per heavy atom. The standard InChI is InChI=1S/C22H30O4/c23-21(25-19-11-3-1-4-12-19)15-17-9-7-8-10-18(17)16-22(24)26-20-13-5-2-6-14-20/h7-10,19-20H,1-6,11-16H2. The molecule has 3 rings (SSSR count). The van der Waals surface area contributed by atoms with Gasteiger partial charge in [-0.3, -0.25) is 9.59 Å². The molecule has 4 heteroatoms. The minimum atomic E-state index is -0.190. The van der Waals surface area contributed by atoms with Crippen molar-refractivity contribution in [2.45, 2.75) is 89.3 Å². The predicted octanol–water partition coefficient (Wildman–Crippen LogP) is 4.52. The molecule has 1 aromatic carbocycles. The number of benzene rings is 1. The van der Waals surface area contributed by atoms with Crippen LogP contribution in [0.2, 0.25) is 0 Å². The Hall–Kier alpha value is -1.84. The van der Waals surface area contributed by atoms with Crippen molar-refractivity contribution >= 4 is 11.9 Å². The highest BCUT2D eigenvalue weighted by Crippen LogP contribution is 2.23. The third-order valence-corrected chi connectivity index (χ3v) is 5.49. The van der Waals surface area contributed by atoms with Crippen molar-refractivity contribution in [3.63, 3.8) is 0 Å². The number of esters is 2. The molecule has 0 spiro atoms. The smallest absolute Gasteiger partial charge is 0.310 e. The zero-order valence-electron chi connectivity index (χ0n) is 15.6. The van der Waals surface area contributed by atoms with Gasteiger partial charge >= 0.3 is 11.9 Å². The van der Waals surface area contributed by atoms with Gasteiger partial charge in [0, 0.05) is 0 Å². The third kappa shape index (κ3) is 5.86. The molecule has 0 radical (unpaired) electrons. The Morgan fingerprint density at radius 3 is 1.46 bits per heavy atom. The summed E-state index contributed by atoms with van der Waals surface area (Å²) in [5.41, 5.74) is 1.74. The number of ether oxygens (including phenoxy) is 2. The molecule has 0 heterocycles. The highest BCUT2D eigenvalue weighted by molar-refractivity contribution is 5.76. The summed E-state index contributed by atoms with van der Waals surface area (Å²) in [5, 5.41) is 0. The van der Waals surface area contributed by atoms with Crippen LogP contribution in [0.5, 0.6) is 0 Å².